The van der Waals surface area contributed by atoms with Crippen LogP contribution in [0.1, 0.15) is 17.3 Å². The molecule has 4 atom stereocenters. The first-order valence-corrected chi connectivity index (χ1v) is 7.63. The van der Waals surface area contributed by atoms with E-state index in [2.05, 4.69) is 0 Å². The van der Waals surface area contributed by atoms with E-state index < -0.39 is 36.9 Å². The second-order valence-corrected chi connectivity index (χ2v) is 5.44. The standard InChI is InChI=1S/C16H25NO7/c1-3-24-11-6-4-5-10(7-11)16(23)17(2)8-12(19)14(21)15(22)13(20)9-18/h4-7,12-15,18-22H,3,8-9H2,1-2H3. The van der Waals surface area contributed by atoms with E-state index in [0.717, 1.165) is 0 Å². The molecule has 5 N–H and O–H groups in total. The van der Waals surface area contributed by atoms with Crippen molar-refractivity contribution in [2.45, 2.75) is 31.3 Å². The number of hydrogen-bond donors (Lipinski definition) is 5. The van der Waals surface area contributed by atoms with Gasteiger partial charge in [0.15, 0.2) is 0 Å². The van der Waals surface area contributed by atoms with Gasteiger partial charge in [0.1, 0.15) is 30.2 Å². The normalized spacial score (nSPS) is 16.1. The molecule has 4 unspecified atom stereocenters. The van der Waals surface area contributed by atoms with Crippen molar-refractivity contribution in [3.63, 3.8) is 0 Å². The van der Waals surface area contributed by atoms with Crippen molar-refractivity contribution in [2.75, 3.05) is 26.8 Å². The molecular weight excluding hydrogens is 318 g/mol. The summed E-state index contributed by atoms with van der Waals surface area (Å²) in [5.41, 5.74) is 0.348. The van der Waals surface area contributed by atoms with Crippen molar-refractivity contribution in [1.82, 2.24) is 4.90 Å². The molecule has 0 spiro atoms. The number of amides is 1. The summed E-state index contributed by atoms with van der Waals surface area (Å²) in [6.45, 7) is 1.26. The Kier molecular flexibility index (Phi) is 8.09. The zero-order chi connectivity index (χ0) is 18.3. The first-order valence-electron chi connectivity index (χ1n) is 7.63. The average molecular weight is 343 g/mol. The minimum absolute atomic E-state index is 0.270. The number of carbonyl (C=O) groups is 1. The van der Waals surface area contributed by atoms with E-state index in [0.29, 0.717) is 17.9 Å². The number of rotatable bonds is 9. The lowest BCUT2D eigenvalue weighted by Crippen LogP contribution is -2.49. The summed E-state index contributed by atoms with van der Waals surface area (Å²) in [5.74, 6) is 0.138. The van der Waals surface area contributed by atoms with Gasteiger partial charge in [-0.2, -0.15) is 0 Å². The Morgan fingerprint density at radius 1 is 1.17 bits per heavy atom. The van der Waals surface area contributed by atoms with E-state index in [1.807, 2.05) is 6.92 Å². The third kappa shape index (κ3) is 5.43. The van der Waals surface area contributed by atoms with Crippen LogP contribution in [0.2, 0.25) is 0 Å². The van der Waals surface area contributed by atoms with E-state index in [4.69, 9.17) is 9.84 Å². The number of likely N-dealkylation sites (N-methyl/N-ethyl adjacent to an activating group) is 1. The number of aliphatic hydroxyl groups is 5. The lowest BCUT2D eigenvalue weighted by atomic mass is 10.0. The number of hydrogen-bond acceptors (Lipinski definition) is 7. The van der Waals surface area contributed by atoms with Gasteiger partial charge in [-0.1, -0.05) is 6.07 Å². The molecule has 0 aliphatic rings. The van der Waals surface area contributed by atoms with Crippen LogP contribution in [0.15, 0.2) is 24.3 Å². The van der Waals surface area contributed by atoms with Gasteiger partial charge in [0, 0.05) is 19.2 Å². The van der Waals surface area contributed by atoms with Crippen LogP contribution in [0.3, 0.4) is 0 Å². The summed E-state index contributed by atoms with van der Waals surface area (Å²) in [4.78, 5) is 13.5. The van der Waals surface area contributed by atoms with Gasteiger partial charge in [0.2, 0.25) is 0 Å². The van der Waals surface area contributed by atoms with Crippen molar-refractivity contribution < 1.29 is 35.1 Å². The van der Waals surface area contributed by atoms with Gasteiger partial charge in [-0.25, -0.2) is 0 Å². The van der Waals surface area contributed by atoms with Crippen molar-refractivity contribution in [1.29, 1.82) is 0 Å². The fourth-order valence-corrected chi connectivity index (χ4v) is 2.14. The maximum Gasteiger partial charge on any atom is 0.253 e. The molecule has 24 heavy (non-hydrogen) atoms. The summed E-state index contributed by atoms with van der Waals surface area (Å²) in [6, 6.07) is 6.54. The number of aliphatic hydroxyl groups excluding tert-OH is 5. The minimum Gasteiger partial charge on any atom is -0.494 e. The van der Waals surface area contributed by atoms with Crippen molar-refractivity contribution in [3.05, 3.63) is 29.8 Å². The molecule has 0 bridgehead atoms. The molecule has 0 fully saturated rings. The van der Waals surface area contributed by atoms with Crippen LogP contribution in [-0.4, -0.2) is 87.6 Å². The molecule has 0 heterocycles. The molecule has 0 aromatic heterocycles. The molecule has 1 aromatic rings. The minimum atomic E-state index is -1.73. The monoisotopic (exact) mass is 343 g/mol. The molecule has 0 saturated carbocycles. The fraction of sp³-hybridized carbons (Fsp3) is 0.562. The molecular formula is C16H25NO7. The van der Waals surface area contributed by atoms with E-state index in [-0.39, 0.29) is 6.54 Å². The largest absolute Gasteiger partial charge is 0.494 e. The lowest BCUT2D eigenvalue weighted by Gasteiger charge is -2.28. The molecule has 0 aliphatic carbocycles. The Bertz CT molecular complexity index is 525. The van der Waals surface area contributed by atoms with Gasteiger partial charge in [0.25, 0.3) is 5.91 Å². The van der Waals surface area contributed by atoms with Gasteiger partial charge in [-0.15, -0.1) is 0 Å². The first kappa shape index (κ1) is 20.3. The molecule has 8 nitrogen and oxygen atoms in total. The zero-order valence-corrected chi connectivity index (χ0v) is 13.7. The van der Waals surface area contributed by atoms with Crippen LogP contribution in [-0.2, 0) is 0 Å². The zero-order valence-electron chi connectivity index (χ0n) is 13.7. The smallest absolute Gasteiger partial charge is 0.253 e. The van der Waals surface area contributed by atoms with Crippen LogP contribution < -0.4 is 4.74 Å². The molecule has 1 amide bonds. The van der Waals surface area contributed by atoms with Crippen LogP contribution in [0.4, 0.5) is 0 Å². The maximum absolute atomic E-state index is 12.3. The second-order valence-electron chi connectivity index (χ2n) is 5.44. The Morgan fingerprint density at radius 2 is 1.79 bits per heavy atom. The Hall–Kier alpha value is -1.71. The highest BCUT2D eigenvalue weighted by Gasteiger charge is 2.31. The lowest BCUT2D eigenvalue weighted by molar-refractivity contribution is -0.117. The van der Waals surface area contributed by atoms with Gasteiger partial charge in [0.05, 0.1) is 13.2 Å². The second kappa shape index (κ2) is 9.55. The van der Waals surface area contributed by atoms with Crippen LogP contribution in [0.5, 0.6) is 5.75 Å². The summed E-state index contributed by atoms with van der Waals surface area (Å²) >= 11 is 0. The molecule has 1 aromatic carbocycles. The SMILES string of the molecule is CCOc1cccc(C(=O)N(C)CC(O)C(O)C(O)C(O)CO)c1. The third-order valence-corrected chi connectivity index (χ3v) is 3.53. The summed E-state index contributed by atoms with van der Waals surface area (Å²) in [7, 11) is 1.43. The molecule has 0 saturated heterocycles. The highest BCUT2D eigenvalue weighted by molar-refractivity contribution is 5.94. The van der Waals surface area contributed by atoms with Gasteiger partial charge in [-0.05, 0) is 25.1 Å². The van der Waals surface area contributed by atoms with Crippen LogP contribution >= 0.6 is 0 Å². The van der Waals surface area contributed by atoms with Crippen molar-refractivity contribution in [3.8, 4) is 5.75 Å². The Balaban J connectivity index is 2.70. The van der Waals surface area contributed by atoms with Crippen molar-refractivity contribution in [2.24, 2.45) is 0 Å². The molecule has 1 rings (SSSR count). The summed E-state index contributed by atoms with van der Waals surface area (Å²) < 4.78 is 5.32. The Morgan fingerprint density at radius 3 is 2.38 bits per heavy atom. The number of nitrogens with zero attached hydrogens (tertiary/aromatic N) is 1. The quantitative estimate of drug-likeness (QED) is 0.372. The average Bonchev–Trinajstić information content (AvgIpc) is 2.59. The maximum atomic E-state index is 12.3. The van der Waals surface area contributed by atoms with Crippen LogP contribution in [0.25, 0.3) is 0 Å². The van der Waals surface area contributed by atoms with Crippen LogP contribution in [0, 0.1) is 0 Å². The number of carbonyl (C=O) groups excluding carboxylic acids is 1. The predicted molar refractivity (Wildman–Crippen MR) is 85.7 cm³/mol. The topological polar surface area (TPSA) is 131 Å². The van der Waals surface area contributed by atoms with E-state index >= 15 is 0 Å². The highest BCUT2D eigenvalue weighted by atomic mass is 16.5. The molecule has 0 radical (unpaired) electrons. The molecule has 0 aliphatic heterocycles. The number of benzene rings is 1. The van der Waals surface area contributed by atoms with Gasteiger partial charge >= 0.3 is 0 Å². The summed E-state index contributed by atoms with van der Waals surface area (Å²) in [5, 5.41) is 47.3. The van der Waals surface area contributed by atoms with E-state index in [9.17, 15) is 25.2 Å². The predicted octanol–water partition coefficient (Wildman–Crippen LogP) is -1.41. The summed E-state index contributed by atoms with van der Waals surface area (Å²) in [6.07, 6.45) is -6.52. The molecule has 136 valence electrons. The van der Waals surface area contributed by atoms with E-state index in [1.165, 1.54) is 11.9 Å². The first-order chi connectivity index (χ1) is 11.3. The van der Waals surface area contributed by atoms with Gasteiger partial charge in [-0.3, -0.25) is 4.79 Å². The van der Waals surface area contributed by atoms with E-state index in [1.54, 1.807) is 24.3 Å². The number of ether oxygens (including phenoxy) is 1. The Labute approximate surface area is 140 Å². The van der Waals surface area contributed by atoms with Crippen molar-refractivity contribution >= 4 is 5.91 Å². The van der Waals surface area contributed by atoms with Gasteiger partial charge < -0.3 is 35.2 Å². The highest BCUT2D eigenvalue weighted by Crippen LogP contribution is 2.15. The fourth-order valence-electron chi connectivity index (χ4n) is 2.14. The third-order valence-electron chi connectivity index (χ3n) is 3.53. The molecule has 8 heteroatoms.